The molecule has 0 spiro atoms. The third kappa shape index (κ3) is 3.19. The van der Waals surface area contributed by atoms with Crippen molar-refractivity contribution in [2.75, 3.05) is 5.32 Å². The quantitative estimate of drug-likeness (QED) is 0.818. The van der Waals surface area contributed by atoms with Crippen molar-refractivity contribution in [3.05, 3.63) is 35.5 Å². The molecule has 1 heterocycles. The molecule has 1 N–H and O–H groups in total. The fourth-order valence-electron chi connectivity index (χ4n) is 1.03. The Morgan fingerprint density at radius 2 is 2.54 bits per heavy atom. The van der Waals surface area contributed by atoms with Gasteiger partial charge >= 0.3 is 0 Å². The van der Waals surface area contributed by atoms with Crippen LogP contribution in [0.5, 0.6) is 0 Å². The monoisotopic (exact) mass is 240 g/mol. The molecule has 1 unspecified atom stereocenters. The molecule has 0 aliphatic rings. The van der Waals surface area contributed by atoms with E-state index in [0.29, 0.717) is 6.04 Å². The summed E-state index contributed by atoms with van der Waals surface area (Å²) in [5.74, 6) is 0.886. The first-order valence-electron chi connectivity index (χ1n) is 4.22. The molecule has 1 aromatic rings. The van der Waals surface area contributed by atoms with E-state index in [2.05, 4.69) is 39.7 Å². The second-order valence-electron chi connectivity index (χ2n) is 2.90. The summed E-state index contributed by atoms with van der Waals surface area (Å²) in [6.07, 6.45) is 4.60. The van der Waals surface area contributed by atoms with Crippen molar-refractivity contribution in [2.45, 2.75) is 19.4 Å². The van der Waals surface area contributed by atoms with E-state index < -0.39 is 0 Å². The van der Waals surface area contributed by atoms with Gasteiger partial charge in [0.2, 0.25) is 0 Å². The van der Waals surface area contributed by atoms with Gasteiger partial charge < -0.3 is 5.32 Å². The second-order valence-corrected chi connectivity index (χ2v) is 3.76. The maximum absolute atomic E-state index is 4.21. The summed E-state index contributed by atoms with van der Waals surface area (Å²) in [6.45, 7) is 5.79. The minimum atomic E-state index is 0.365. The van der Waals surface area contributed by atoms with Crippen LogP contribution in [0.4, 0.5) is 5.82 Å². The van der Waals surface area contributed by atoms with Gasteiger partial charge in [-0.05, 0) is 41.4 Å². The highest BCUT2D eigenvalue weighted by atomic mass is 79.9. The van der Waals surface area contributed by atoms with Crippen LogP contribution in [-0.2, 0) is 0 Å². The first-order chi connectivity index (χ1) is 6.24. The van der Waals surface area contributed by atoms with E-state index in [1.165, 1.54) is 0 Å². The number of hydrogen-bond acceptors (Lipinski definition) is 2. The topological polar surface area (TPSA) is 24.9 Å². The van der Waals surface area contributed by atoms with E-state index in [0.717, 1.165) is 16.7 Å². The number of nitrogens with zero attached hydrogens (tertiary/aromatic N) is 1. The molecule has 0 aliphatic carbocycles. The van der Waals surface area contributed by atoms with Gasteiger partial charge in [-0.15, -0.1) is 6.58 Å². The van der Waals surface area contributed by atoms with Crippen LogP contribution in [0.15, 0.2) is 35.5 Å². The van der Waals surface area contributed by atoms with Gasteiger partial charge in [0.1, 0.15) is 5.82 Å². The predicted molar refractivity (Wildman–Crippen MR) is 59.8 cm³/mol. The van der Waals surface area contributed by atoms with Crippen LogP contribution in [0.3, 0.4) is 0 Å². The van der Waals surface area contributed by atoms with Crippen molar-refractivity contribution in [1.29, 1.82) is 0 Å². The highest BCUT2D eigenvalue weighted by molar-refractivity contribution is 9.10. The summed E-state index contributed by atoms with van der Waals surface area (Å²) in [4.78, 5) is 4.21. The fourth-order valence-corrected chi connectivity index (χ4v) is 1.40. The third-order valence-electron chi connectivity index (χ3n) is 1.66. The fraction of sp³-hybridized carbons (Fsp3) is 0.300. The van der Waals surface area contributed by atoms with Gasteiger partial charge in [-0.3, -0.25) is 0 Å². The molecule has 0 aromatic carbocycles. The van der Waals surface area contributed by atoms with E-state index in [1.807, 2.05) is 18.2 Å². The Morgan fingerprint density at radius 1 is 1.77 bits per heavy atom. The largest absolute Gasteiger partial charge is 0.366 e. The van der Waals surface area contributed by atoms with Crippen LogP contribution in [0, 0.1) is 0 Å². The minimum absolute atomic E-state index is 0.365. The molecule has 1 aromatic heterocycles. The maximum atomic E-state index is 4.21. The number of rotatable bonds is 4. The Balaban J connectivity index is 2.63. The van der Waals surface area contributed by atoms with Gasteiger partial charge in [-0.25, -0.2) is 4.98 Å². The summed E-state index contributed by atoms with van der Waals surface area (Å²) >= 11 is 3.43. The Morgan fingerprint density at radius 3 is 3.15 bits per heavy atom. The zero-order chi connectivity index (χ0) is 9.68. The number of hydrogen-bond donors (Lipinski definition) is 1. The van der Waals surface area contributed by atoms with Gasteiger partial charge in [0, 0.05) is 12.2 Å². The molecule has 1 rings (SSSR count). The molecule has 1 atom stereocenters. The highest BCUT2D eigenvalue weighted by Crippen LogP contribution is 2.19. The molecule has 2 nitrogen and oxygen atoms in total. The summed E-state index contributed by atoms with van der Waals surface area (Å²) in [5.41, 5.74) is 0. The molecule has 13 heavy (non-hydrogen) atoms. The van der Waals surface area contributed by atoms with E-state index in [1.54, 1.807) is 6.20 Å². The van der Waals surface area contributed by atoms with Gasteiger partial charge in [0.05, 0.1) is 4.47 Å². The SMILES string of the molecule is C=CCC(C)Nc1ncccc1Br. The smallest absolute Gasteiger partial charge is 0.140 e. The first kappa shape index (κ1) is 10.3. The van der Waals surface area contributed by atoms with Crippen molar-refractivity contribution in [3.8, 4) is 0 Å². The zero-order valence-corrected chi connectivity index (χ0v) is 9.21. The number of aromatic nitrogens is 1. The molecule has 0 saturated heterocycles. The maximum Gasteiger partial charge on any atom is 0.140 e. The lowest BCUT2D eigenvalue weighted by Crippen LogP contribution is -2.14. The van der Waals surface area contributed by atoms with E-state index in [9.17, 15) is 0 Å². The summed E-state index contributed by atoms with van der Waals surface area (Å²) in [5, 5.41) is 3.28. The highest BCUT2D eigenvalue weighted by Gasteiger charge is 2.03. The molecule has 0 amide bonds. The third-order valence-corrected chi connectivity index (χ3v) is 2.30. The number of anilines is 1. The van der Waals surface area contributed by atoms with Crippen LogP contribution in [0.1, 0.15) is 13.3 Å². The average molecular weight is 241 g/mol. The van der Waals surface area contributed by atoms with Crippen LogP contribution in [0.2, 0.25) is 0 Å². The summed E-state index contributed by atoms with van der Waals surface area (Å²) in [7, 11) is 0. The summed E-state index contributed by atoms with van der Waals surface area (Å²) in [6, 6.07) is 4.23. The minimum Gasteiger partial charge on any atom is -0.366 e. The van der Waals surface area contributed by atoms with Crippen molar-refractivity contribution in [3.63, 3.8) is 0 Å². The van der Waals surface area contributed by atoms with Crippen molar-refractivity contribution < 1.29 is 0 Å². The van der Waals surface area contributed by atoms with Gasteiger partial charge in [-0.1, -0.05) is 6.08 Å². The van der Waals surface area contributed by atoms with Crippen molar-refractivity contribution >= 4 is 21.7 Å². The van der Waals surface area contributed by atoms with Gasteiger partial charge in [0.25, 0.3) is 0 Å². The summed E-state index contributed by atoms with van der Waals surface area (Å²) < 4.78 is 0.992. The molecular formula is C10H13BrN2. The second kappa shape index (κ2) is 5.02. The van der Waals surface area contributed by atoms with Crippen LogP contribution in [-0.4, -0.2) is 11.0 Å². The van der Waals surface area contributed by atoms with Crippen LogP contribution in [0.25, 0.3) is 0 Å². The van der Waals surface area contributed by atoms with E-state index in [-0.39, 0.29) is 0 Å². The number of halogens is 1. The number of pyridine rings is 1. The lowest BCUT2D eigenvalue weighted by atomic mass is 10.2. The molecule has 0 fully saturated rings. The number of nitrogens with one attached hydrogen (secondary N) is 1. The Kier molecular flexibility index (Phi) is 3.96. The average Bonchev–Trinajstić information content (AvgIpc) is 2.09. The van der Waals surface area contributed by atoms with E-state index in [4.69, 9.17) is 0 Å². The normalized spacial score (nSPS) is 12.2. The van der Waals surface area contributed by atoms with E-state index >= 15 is 0 Å². The van der Waals surface area contributed by atoms with Gasteiger partial charge in [0.15, 0.2) is 0 Å². The molecule has 3 heteroatoms. The zero-order valence-electron chi connectivity index (χ0n) is 7.63. The molecule has 70 valence electrons. The Labute approximate surface area is 87.2 Å². The Bertz CT molecular complexity index is 286. The van der Waals surface area contributed by atoms with Crippen LogP contribution < -0.4 is 5.32 Å². The molecule has 0 aliphatic heterocycles. The molecule has 0 bridgehead atoms. The predicted octanol–water partition coefficient (Wildman–Crippen LogP) is 3.22. The first-order valence-corrected chi connectivity index (χ1v) is 5.01. The molecule has 0 saturated carbocycles. The molecule has 0 radical (unpaired) electrons. The Hall–Kier alpha value is -0.830. The lowest BCUT2D eigenvalue weighted by Gasteiger charge is -2.12. The standard InChI is InChI=1S/C10H13BrN2/c1-3-5-8(2)13-10-9(11)6-4-7-12-10/h3-4,6-8H,1,5H2,2H3,(H,12,13). The molecular weight excluding hydrogens is 228 g/mol. The lowest BCUT2D eigenvalue weighted by molar-refractivity contribution is 0.806. The van der Waals surface area contributed by atoms with Gasteiger partial charge in [-0.2, -0.15) is 0 Å². The van der Waals surface area contributed by atoms with Crippen LogP contribution >= 0.6 is 15.9 Å². The van der Waals surface area contributed by atoms with Crippen molar-refractivity contribution in [2.24, 2.45) is 0 Å². The van der Waals surface area contributed by atoms with Crippen molar-refractivity contribution in [1.82, 2.24) is 4.98 Å².